The highest BCUT2D eigenvalue weighted by Crippen LogP contribution is 2.24. The Balaban J connectivity index is 2.15. The van der Waals surface area contributed by atoms with Crippen LogP contribution in [0, 0.1) is 11.7 Å². The van der Waals surface area contributed by atoms with Crippen molar-refractivity contribution in [3.63, 3.8) is 0 Å². The third-order valence-electron chi connectivity index (χ3n) is 3.62. The Morgan fingerprint density at radius 3 is 2.95 bits per heavy atom. The Labute approximate surface area is 117 Å². The van der Waals surface area contributed by atoms with Crippen molar-refractivity contribution in [3.8, 4) is 0 Å². The van der Waals surface area contributed by atoms with Crippen LogP contribution in [0.3, 0.4) is 0 Å². The highest BCUT2D eigenvalue weighted by molar-refractivity contribution is 6.31. The lowest BCUT2D eigenvalue weighted by atomic mass is 9.99. The molecule has 0 aliphatic carbocycles. The van der Waals surface area contributed by atoms with Gasteiger partial charge in [-0.05, 0) is 24.5 Å². The van der Waals surface area contributed by atoms with Crippen LogP contribution in [0.5, 0.6) is 0 Å². The van der Waals surface area contributed by atoms with Gasteiger partial charge in [0.2, 0.25) is 0 Å². The number of amides is 1. The lowest BCUT2D eigenvalue weighted by Crippen LogP contribution is -2.32. The Morgan fingerprint density at radius 2 is 2.26 bits per heavy atom. The number of benzene rings is 1. The van der Waals surface area contributed by atoms with E-state index in [9.17, 15) is 9.18 Å². The zero-order valence-electron chi connectivity index (χ0n) is 10.9. The van der Waals surface area contributed by atoms with Gasteiger partial charge in [-0.3, -0.25) is 4.79 Å². The molecule has 0 unspecified atom stereocenters. The zero-order valence-corrected chi connectivity index (χ0v) is 11.7. The topological polar surface area (TPSA) is 46.3 Å². The fourth-order valence-corrected chi connectivity index (χ4v) is 2.75. The lowest BCUT2D eigenvalue weighted by molar-refractivity contribution is 0.0781. The van der Waals surface area contributed by atoms with E-state index >= 15 is 0 Å². The van der Waals surface area contributed by atoms with Crippen molar-refractivity contribution in [1.29, 1.82) is 0 Å². The van der Waals surface area contributed by atoms with Gasteiger partial charge in [0.25, 0.3) is 5.91 Å². The molecule has 2 rings (SSSR count). The zero-order chi connectivity index (χ0) is 14.0. The van der Waals surface area contributed by atoms with Crippen LogP contribution < -0.4 is 5.73 Å². The normalized spacial score (nSPS) is 22.8. The van der Waals surface area contributed by atoms with Crippen LogP contribution in [0.25, 0.3) is 0 Å². The third kappa shape index (κ3) is 2.90. The van der Waals surface area contributed by atoms with Gasteiger partial charge >= 0.3 is 0 Å². The van der Waals surface area contributed by atoms with Gasteiger partial charge in [0.1, 0.15) is 0 Å². The van der Waals surface area contributed by atoms with Gasteiger partial charge < -0.3 is 10.6 Å². The Morgan fingerprint density at radius 1 is 1.53 bits per heavy atom. The molecule has 1 saturated heterocycles. The van der Waals surface area contributed by atoms with Gasteiger partial charge in [-0.25, -0.2) is 4.39 Å². The summed E-state index contributed by atoms with van der Waals surface area (Å²) in [5, 5.41) is -0.0283. The second kappa shape index (κ2) is 5.88. The third-order valence-corrected chi connectivity index (χ3v) is 3.91. The first-order chi connectivity index (χ1) is 9.04. The number of likely N-dealkylation sites (tertiary alicyclic amines) is 1. The highest BCUT2D eigenvalue weighted by Gasteiger charge is 2.33. The van der Waals surface area contributed by atoms with E-state index in [2.05, 4.69) is 6.92 Å². The minimum atomic E-state index is -0.651. The number of nitrogens with two attached hydrogens (primary N) is 1. The molecule has 0 radical (unpaired) electrons. The smallest absolute Gasteiger partial charge is 0.256 e. The van der Waals surface area contributed by atoms with E-state index in [1.165, 1.54) is 12.1 Å². The summed E-state index contributed by atoms with van der Waals surface area (Å²) < 4.78 is 13.8. The van der Waals surface area contributed by atoms with Gasteiger partial charge in [0.15, 0.2) is 5.82 Å². The van der Waals surface area contributed by atoms with Crippen LogP contribution in [0.4, 0.5) is 4.39 Å². The van der Waals surface area contributed by atoms with E-state index in [0.717, 1.165) is 12.8 Å². The molecule has 0 spiro atoms. The van der Waals surface area contributed by atoms with E-state index in [-0.39, 0.29) is 22.5 Å². The van der Waals surface area contributed by atoms with Crippen molar-refractivity contribution in [2.75, 3.05) is 13.1 Å². The molecule has 1 aliphatic heterocycles. The average molecular weight is 285 g/mol. The minimum Gasteiger partial charge on any atom is -0.337 e. The van der Waals surface area contributed by atoms with Crippen LogP contribution in [-0.4, -0.2) is 29.9 Å². The minimum absolute atomic E-state index is 0.0221. The van der Waals surface area contributed by atoms with E-state index in [0.29, 0.717) is 19.0 Å². The fourth-order valence-electron chi connectivity index (χ4n) is 2.58. The van der Waals surface area contributed by atoms with Crippen LogP contribution in [0.15, 0.2) is 18.2 Å². The summed E-state index contributed by atoms with van der Waals surface area (Å²) in [7, 11) is 0. The van der Waals surface area contributed by atoms with Gasteiger partial charge in [-0.1, -0.05) is 31.0 Å². The lowest BCUT2D eigenvalue weighted by Gasteiger charge is -2.16. The number of hydrogen-bond donors (Lipinski definition) is 1. The fraction of sp³-hybridized carbons (Fsp3) is 0.500. The maximum absolute atomic E-state index is 13.8. The van der Waals surface area contributed by atoms with Crippen molar-refractivity contribution >= 4 is 17.5 Å². The summed E-state index contributed by atoms with van der Waals surface area (Å²) in [4.78, 5) is 13.9. The standard InChI is InChI=1S/C14H18ClFN2O/c1-2-4-9-7-18(8-12(9)17)14(19)10-5-3-6-11(15)13(10)16/h3,5-6,9,12H,2,4,7-8,17H2,1H3/t9-,12-/m0/s1. The second-order valence-corrected chi connectivity index (χ2v) is 5.43. The summed E-state index contributed by atoms with van der Waals surface area (Å²) in [5.41, 5.74) is 6.05. The molecule has 0 bridgehead atoms. The van der Waals surface area contributed by atoms with E-state index in [4.69, 9.17) is 17.3 Å². The molecule has 1 aromatic rings. The number of carbonyl (C=O) groups is 1. The molecule has 3 nitrogen and oxygen atoms in total. The summed E-state index contributed by atoms with van der Waals surface area (Å²) in [6.45, 7) is 3.17. The first-order valence-electron chi connectivity index (χ1n) is 6.53. The second-order valence-electron chi connectivity index (χ2n) is 5.02. The molecular weight excluding hydrogens is 267 g/mol. The molecule has 0 aromatic heterocycles. The van der Waals surface area contributed by atoms with Crippen LogP contribution in [-0.2, 0) is 0 Å². The van der Waals surface area contributed by atoms with Gasteiger partial charge in [-0.2, -0.15) is 0 Å². The molecule has 1 aliphatic rings. The quantitative estimate of drug-likeness (QED) is 0.927. The Kier molecular flexibility index (Phi) is 4.42. The molecule has 1 heterocycles. The predicted octanol–water partition coefficient (Wildman–Crippen LogP) is 2.68. The Hall–Kier alpha value is -1.13. The van der Waals surface area contributed by atoms with Crippen LogP contribution in [0.1, 0.15) is 30.1 Å². The van der Waals surface area contributed by atoms with E-state index in [1.54, 1.807) is 11.0 Å². The van der Waals surface area contributed by atoms with E-state index < -0.39 is 5.82 Å². The van der Waals surface area contributed by atoms with Gasteiger partial charge in [0, 0.05) is 19.1 Å². The summed E-state index contributed by atoms with van der Waals surface area (Å²) in [5.74, 6) is -0.674. The molecule has 2 atom stereocenters. The molecule has 1 fully saturated rings. The van der Waals surface area contributed by atoms with Crippen LogP contribution >= 0.6 is 11.6 Å². The number of rotatable bonds is 3. The molecular formula is C14H18ClFN2O. The number of carbonyl (C=O) groups excluding carboxylic acids is 1. The van der Waals surface area contributed by atoms with Gasteiger partial charge in [-0.15, -0.1) is 0 Å². The molecule has 2 N–H and O–H groups in total. The molecule has 104 valence electrons. The highest BCUT2D eigenvalue weighted by atomic mass is 35.5. The summed E-state index contributed by atoms with van der Waals surface area (Å²) in [6.07, 6.45) is 2.02. The summed E-state index contributed by atoms with van der Waals surface area (Å²) >= 11 is 5.70. The maximum atomic E-state index is 13.8. The van der Waals surface area contributed by atoms with Crippen molar-refractivity contribution in [1.82, 2.24) is 4.90 Å². The molecule has 0 saturated carbocycles. The van der Waals surface area contributed by atoms with E-state index in [1.807, 2.05) is 0 Å². The molecule has 1 aromatic carbocycles. The predicted molar refractivity (Wildman–Crippen MR) is 73.7 cm³/mol. The maximum Gasteiger partial charge on any atom is 0.256 e. The largest absolute Gasteiger partial charge is 0.337 e. The number of halogens is 2. The summed E-state index contributed by atoms with van der Waals surface area (Å²) in [6, 6.07) is 4.45. The molecule has 5 heteroatoms. The van der Waals surface area contributed by atoms with Crippen molar-refractivity contribution in [2.24, 2.45) is 11.7 Å². The Bertz CT molecular complexity index is 481. The van der Waals surface area contributed by atoms with Crippen molar-refractivity contribution < 1.29 is 9.18 Å². The average Bonchev–Trinajstić information content (AvgIpc) is 2.74. The van der Waals surface area contributed by atoms with Crippen LogP contribution in [0.2, 0.25) is 5.02 Å². The SMILES string of the molecule is CCC[C@H]1CN(C(=O)c2cccc(Cl)c2F)C[C@@H]1N. The number of nitrogens with zero attached hydrogens (tertiary/aromatic N) is 1. The number of hydrogen-bond acceptors (Lipinski definition) is 2. The monoisotopic (exact) mass is 284 g/mol. The molecule has 19 heavy (non-hydrogen) atoms. The van der Waals surface area contributed by atoms with Gasteiger partial charge in [0.05, 0.1) is 10.6 Å². The molecule has 1 amide bonds. The van der Waals surface area contributed by atoms with Crippen molar-refractivity contribution in [3.05, 3.63) is 34.6 Å². The van der Waals surface area contributed by atoms with Crippen molar-refractivity contribution in [2.45, 2.75) is 25.8 Å². The first kappa shape index (κ1) is 14.3. The first-order valence-corrected chi connectivity index (χ1v) is 6.91.